The van der Waals surface area contributed by atoms with Gasteiger partial charge in [-0.3, -0.25) is 4.57 Å². The van der Waals surface area contributed by atoms with Gasteiger partial charge in [0.25, 0.3) is 0 Å². The third kappa shape index (κ3) is 2.95. The number of benzene rings is 2. The zero-order chi connectivity index (χ0) is 19.1. The third-order valence-corrected chi connectivity index (χ3v) is 5.12. The summed E-state index contributed by atoms with van der Waals surface area (Å²) in [5, 5.41) is 4.15. The van der Waals surface area contributed by atoms with Crippen LogP contribution in [0.1, 0.15) is 12.4 Å². The first-order valence-corrected chi connectivity index (χ1v) is 9.28. The van der Waals surface area contributed by atoms with Crippen LogP contribution in [0, 0.1) is 0 Å². The average Bonchev–Trinajstić information content (AvgIpc) is 3.42. The van der Waals surface area contributed by atoms with Crippen LogP contribution in [0.4, 0.5) is 8.78 Å². The molecule has 0 spiro atoms. The van der Waals surface area contributed by atoms with Crippen molar-refractivity contribution in [2.75, 3.05) is 6.79 Å². The van der Waals surface area contributed by atoms with Crippen molar-refractivity contribution in [3.05, 3.63) is 48.4 Å². The molecule has 3 heterocycles. The van der Waals surface area contributed by atoms with Gasteiger partial charge in [0.05, 0.1) is 16.8 Å². The molecule has 2 aromatic heterocycles. The van der Waals surface area contributed by atoms with Gasteiger partial charge < -0.3 is 14.0 Å². The highest BCUT2D eigenvalue weighted by molar-refractivity contribution is 7.98. The van der Waals surface area contributed by atoms with Crippen LogP contribution in [0.25, 0.3) is 22.4 Å². The second kappa shape index (κ2) is 6.79. The topological polar surface area (TPSA) is 75.2 Å². The number of fused-ring (bicyclic) bond motifs is 2. The third-order valence-electron chi connectivity index (χ3n) is 4.18. The van der Waals surface area contributed by atoms with Crippen molar-refractivity contribution in [3.63, 3.8) is 0 Å². The van der Waals surface area contributed by atoms with Crippen LogP contribution >= 0.6 is 11.8 Å². The lowest BCUT2D eigenvalue weighted by Crippen LogP contribution is -2.00. The first-order valence-electron chi connectivity index (χ1n) is 8.29. The minimum absolute atomic E-state index is 0.179. The summed E-state index contributed by atoms with van der Waals surface area (Å²) < 4.78 is 43.7. The molecule has 2 aromatic carbocycles. The molecule has 0 radical (unpaired) electrons. The molecule has 10 heteroatoms. The zero-order valence-electron chi connectivity index (χ0n) is 14.2. The Bertz CT molecular complexity index is 1160. The van der Waals surface area contributed by atoms with Gasteiger partial charge >= 0.3 is 6.55 Å². The summed E-state index contributed by atoms with van der Waals surface area (Å²) in [7, 11) is 0. The van der Waals surface area contributed by atoms with Gasteiger partial charge in [0.2, 0.25) is 18.5 Å². The molecule has 5 rings (SSSR count). The smallest absolute Gasteiger partial charge is 0.321 e. The number of aromatic nitrogens is 4. The van der Waals surface area contributed by atoms with Gasteiger partial charge in [0.15, 0.2) is 16.7 Å². The summed E-state index contributed by atoms with van der Waals surface area (Å²) in [6.45, 7) is -2.51. The highest BCUT2D eigenvalue weighted by Gasteiger charge is 2.20. The molecular formula is C18H12F2N4O3S. The molecule has 4 aromatic rings. The normalized spacial score (nSPS) is 13.0. The summed E-state index contributed by atoms with van der Waals surface area (Å²) in [6.07, 6.45) is 0. The number of alkyl halides is 2. The van der Waals surface area contributed by atoms with Crippen LogP contribution in [-0.4, -0.2) is 26.5 Å². The number of nitrogens with zero attached hydrogens (tertiary/aromatic N) is 4. The predicted octanol–water partition coefficient (Wildman–Crippen LogP) is 4.50. The maximum absolute atomic E-state index is 13.5. The molecule has 28 heavy (non-hydrogen) atoms. The summed E-state index contributed by atoms with van der Waals surface area (Å²) in [5.41, 5.74) is 1.60. The van der Waals surface area contributed by atoms with Crippen LogP contribution in [0.3, 0.4) is 0 Å². The maximum Gasteiger partial charge on any atom is 0.321 e. The van der Waals surface area contributed by atoms with Gasteiger partial charge in [0.1, 0.15) is 0 Å². The van der Waals surface area contributed by atoms with Crippen molar-refractivity contribution in [2.24, 2.45) is 0 Å². The number of ether oxygens (including phenoxy) is 2. The van der Waals surface area contributed by atoms with Gasteiger partial charge in [-0.25, -0.2) is 4.98 Å². The monoisotopic (exact) mass is 402 g/mol. The minimum atomic E-state index is -2.69. The molecule has 0 unspecified atom stereocenters. The van der Waals surface area contributed by atoms with E-state index in [-0.39, 0.29) is 17.7 Å². The van der Waals surface area contributed by atoms with Gasteiger partial charge in [-0.2, -0.15) is 13.8 Å². The summed E-state index contributed by atoms with van der Waals surface area (Å²) in [5.74, 6) is 2.19. The summed E-state index contributed by atoms with van der Waals surface area (Å²) in [4.78, 5) is 8.61. The highest BCUT2D eigenvalue weighted by Crippen LogP contribution is 2.35. The molecule has 0 saturated heterocycles. The zero-order valence-corrected chi connectivity index (χ0v) is 15.0. The number of thioether (sulfide) groups is 1. The number of imidazole rings is 1. The Balaban J connectivity index is 1.37. The maximum atomic E-state index is 13.5. The Morgan fingerprint density at radius 2 is 1.93 bits per heavy atom. The Labute approximate surface area is 161 Å². The van der Waals surface area contributed by atoms with Crippen LogP contribution in [0.2, 0.25) is 0 Å². The molecule has 0 fully saturated rings. The molecule has 7 nitrogen and oxygen atoms in total. The van der Waals surface area contributed by atoms with Gasteiger partial charge in [-0.05, 0) is 30.3 Å². The van der Waals surface area contributed by atoms with Gasteiger partial charge in [-0.1, -0.05) is 29.1 Å². The van der Waals surface area contributed by atoms with E-state index >= 15 is 0 Å². The fourth-order valence-electron chi connectivity index (χ4n) is 2.91. The Morgan fingerprint density at radius 3 is 2.82 bits per heavy atom. The van der Waals surface area contributed by atoms with E-state index in [1.165, 1.54) is 0 Å². The molecular weight excluding hydrogens is 390 g/mol. The molecule has 0 saturated carbocycles. The molecule has 1 aliphatic heterocycles. The second-order valence-corrected chi connectivity index (χ2v) is 6.84. The molecule has 0 amide bonds. The predicted molar refractivity (Wildman–Crippen MR) is 96.4 cm³/mol. The lowest BCUT2D eigenvalue weighted by molar-refractivity contribution is 0.0656. The highest BCUT2D eigenvalue weighted by atomic mass is 32.2. The first kappa shape index (κ1) is 17.0. The summed E-state index contributed by atoms with van der Waals surface area (Å²) in [6, 6.07) is 12.1. The van der Waals surface area contributed by atoms with Crippen LogP contribution < -0.4 is 9.47 Å². The quantitative estimate of drug-likeness (QED) is 0.455. The van der Waals surface area contributed by atoms with E-state index in [4.69, 9.17) is 14.0 Å². The Kier molecular flexibility index (Phi) is 4.12. The van der Waals surface area contributed by atoms with E-state index in [9.17, 15) is 8.78 Å². The second-order valence-electron chi connectivity index (χ2n) is 5.90. The van der Waals surface area contributed by atoms with Crippen molar-refractivity contribution in [3.8, 4) is 22.9 Å². The van der Waals surface area contributed by atoms with E-state index in [2.05, 4.69) is 15.1 Å². The largest absolute Gasteiger partial charge is 0.454 e. The van der Waals surface area contributed by atoms with E-state index in [0.717, 1.165) is 16.3 Å². The van der Waals surface area contributed by atoms with Crippen molar-refractivity contribution >= 4 is 22.8 Å². The fraction of sp³-hybridized carbons (Fsp3) is 0.167. The lowest BCUT2D eigenvalue weighted by atomic mass is 10.2. The molecule has 1 aliphatic rings. The number of para-hydroxylation sites is 2. The first-order chi connectivity index (χ1) is 13.7. The van der Waals surface area contributed by atoms with Crippen molar-refractivity contribution in [2.45, 2.75) is 17.5 Å². The molecule has 0 aliphatic carbocycles. The van der Waals surface area contributed by atoms with Crippen molar-refractivity contribution in [1.82, 2.24) is 19.7 Å². The number of rotatable bonds is 5. The Hall–Kier alpha value is -3.14. The standard InChI is InChI=1S/C18H12F2N4O3S/c19-17(20)24-12-4-2-1-3-11(12)21-18(24)28-8-15-22-16(23-27-15)10-5-6-13-14(7-10)26-9-25-13/h1-7,17H,8-9H2. The van der Waals surface area contributed by atoms with Crippen molar-refractivity contribution in [1.29, 1.82) is 0 Å². The van der Waals surface area contributed by atoms with Gasteiger partial charge in [-0.15, -0.1) is 0 Å². The van der Waals surface area contributed by atoms with Crippen LogP contribution in [-0.2, 0) is 5.75 Å². The van der Waals surface area contributed by atoms with E-state index in [1.54, 1.807) is 42.5 Å². The number of hydrogen-bond donors (Lipinski definition) is 0. The van der Waals surface area contributed by atoms with E-state index < -0.39 is 6.55 Å². The molecule has 142 valence electrons. The molecule has 0 atom stereocenters. The molecule has 0 N–H and O–H groups in total. The van der Waals surface area contributed by atoms with Crippen molar-refractivity contribution < 1.29 is 22.8 Å². The summed E-state index contributed by atoms with van der Waals surface area (Å²) >= 11 is 1.11. The van der Waals surface area contributed by atoms with E-state index in [1.807, 2.05) is 0 Å². The van der Waals surface area contributed by atoms with Crippen LogP contribution in [0.5, 0.6) is 11.5 Å². The number of hydrogen-bond acceptors (Lipinski definition) is 7. The van der Waals surface area contributed by atoms with E-state index in [0.29, 0.717) is 39.8 Å². The minimum Gasteiger partial charge on any atom is -0.454 e. The van der Waals surface area contributed by atoms with Gasteiger partial charge in [0, 0.05) is 5.56 Å². The average molecular weight is 402 g/mol. The van der Waals surface area contributed by atoms with Crippen LogP contribution in [0.15, 0.2) is 52.1 Å². The SMILES string of the molecule is FC(F)n1c(SCc2nc(-c3ccc4c(c3)OCO4)no2)nc2ccccc21. The molecule has 0 bridgehead atoms. The fourth-order valence-corrected chi connectivity index (χ4v) is 3.76. The Morgan fingerprint density at radius 1 is 1.07 bits per heavy atom. The number of halogens is 2. The lowest BCUT2D eigenvalue weighted by Gasteiger charge is -2.05.